The molecule has 4 rings (SSSR count). The largest absolute Gasteiger partial charge is 0.303 e. The quantitative estimate of drug-likeness (QED) is 0.707. The van der Waals surface area contributed by atoms with E-state index in [1.54, 1.807) is 6.07 Å². The van der Waals surface area contributed by atoms with Crippen LogP contribution in [0.2, 0.25) is 0 Å². The molecule has 2 heterocycles. The van der Waals surface area contributed by atoms with Crippen LogP contribution in [0.15, 0.2) is 29.1 Å². The van der Waals surface area contributed by atoms with Gasteiger partial charge in [-0.15, -0.1) is 0 Å². The molecular formula is C16H17N5OS. The summed E-state index contributed by atoms with van der Waals surface area (Å²) in [5, 5.41) is 7.75. The van der Waals surface area contributed by atoms with Gasteiger partial charge in [-0.1, -0.05) is 31.4 Å². The van der Waals surface area contributed by atoms with Crippen molar-refractivity contribution in [1.29, 1.82) is 0 Å². The Morgan fingerprint density at radius 1 is 1.17 bits per heavy atom. The van der Waals surface area contributed by atoms with Crippen molar-refractivity contribution in [3.05, 3.63) is 39.4 Å². The van der Waals surface area contributed by atoms with E-state index in [0.717, 1.165) is 12.8 Å². The average Bonchev–Trinajstić information content (AvgIpc) is 2.97. The van der Waals surface area contributed by atoms with Crippen molar-refractivity contribution in [1.82, 2.24) is 24.7 Å². The van der Waals surface area contributed by atoms with Crippen LogP contribution in [0.5, 0.6) is 0 Å². The summed E-state index contributed by atoms with van der Waals surface area (Å²) < 4.78 is 2.60. The molecule has 0 aliphatic heterocycles. The highest BCUT2D eigenvalue weighted by atomic mass is 32.1. The number of nitrogens with zero attached hydrogens (tertiary/aromatic N) is 3. The minimum Gasteiger partial charge on any atom is -0.303 e. The normalized spacial score (nSPS) is 16.0. The van der Waals surface area contributed by atoms with Crippen molar-refractivity contribution >= 4 is 23.1 Å². The Balaban J connectivity index is 1.88. The highest BCUT2D eigenvalue weighted by Gasteiger charge is 2.22. The van der Waals surface area contributed by atoms with Gasteiger partial charge in [0.1, 0.15) is 0 Å². The monoisotopic (exact) mass is 327 g/mol. The first-order valence-electron chi connectivity index (χ1n) is 7.90. The Bertz CT molecular complexity index is 964. The number of aromatic nitrogens is 5. The lowest BCUT2D eigenvalue weighted by atomic mass is 9.95. The van der Waals surface area contributed by atoms with Crippen molar-refractivity contribution in [3.63, 3.8) is 0 Å². The topological polar surface area (TPSA) is 79.4 Å². The van der Waals surface area contributed by atoms with Crippen LogP contribution in [-0.2, 0) is 0 Å². The van der Waals surface area contributed by atoms with E-state index in [2.05, 4.69) is 20.2 Å². The molecule has 1 aromatic carbocycles. The summed E-state index contributed by atoms with van der Waals surface area (Å²) in [6, 6.07) is 7.62. The van der Waals surface area contributed by atoms with Crippen LogP contribution in [0.3, 0.4) is 0 Å². The number of hydrogen-bond acceptors (Lipinski definition) is 4. The molecule has 118 valence electrons. The van der Waals surface area contributed by atoms with E-state index in [9.17, 15) is 4.79 Å². The number of aromatic amines is 2. The summed E-state index contributed by atoms with van der Waals surface area (Å²) in [5.74, 6) is 1.08. The van der Waals surface area contributed by atoms with Gasteiger partial charge in [-0.3, -0.25) is 14.5 Å². The Hall–Kier alpha value is -2.28. The molecule has 23 heavy (non-hydrogen) atoms. The molecule has 0 atom stereocenters. The zero-order chi connectivity index (χ0) is 15.8. The summed E-state index contributed by atoms with van der Waals surface area (Å²) in [4.78, 5) is 19.7. The average molecular weight is 327 g/mol. The molecule has 1 aliphatic rings. The molecule has 1 aliphatic carbocycles. The number of rotatable bonds is 2. The molecule has 1 saturated carbocycles. The molecule has 0 unspecified atom stereocenters. The van der Waals surface area contributed by atoms with Crippen LogP contribution < -0.4 is 5.56 Å². The van der Waals surface area contributed by atoms with Gasteiger partial charge in [-0.2, -0.15) is 5.10 Å². The maximum absolute atomic E-state index is 12.3. The number of para-hydroxylation sites is 1. The number of hydrogen-bond donors (Lipinski definition) is 2. The maximum atomic E-state index is 12.3. The summed E-state index contributed by atoms with van der Waals surface area (Å²) >= 11 is 5.41. The fourth-order valence-corrected chi connectivity index (χ4v) is 3.62. The standard InChI is InChI=1S/C16H17N5OS/c22-15-11-8-4-5-9-12(11)17-13(18-15)14-19-20-16(23)21(14)10-6-2-1-3-7-10/h4-5,8-10H,1-3,6-7H2,(H,20,23)(H,17,18,22). The summed E-state index contributed by atoms with van der Waals surface area (Å²) in [5.41, 5.74) is 0.505. The first kappa shape index (κ1) is 14.3. The predicted molar refractivity (Wildman–Crippen MR) is 90.9 cm³/mol. The highest BCUT2D eigenvalue weighted by molar-refractivity contribution is 7.71. The second-order valence-electron chi connectivity index (χ2n) is 5.95. The molecule has 1 fully saturated rings. The number of H-pyrrole nitrogens is 2. The molecule has 0 bridgehead atoms. The number of benzene rings is 1. The van der Waals surface area contributed by atoms with Crippen LogP contribution in [0.25, 0.3) is 22.6 Å². The first-order chi connectivity index (χ1) is 11.2. The third-order valence-electron chi connectivity index (χ3n) is 4.47. The van der Waals surface area contributed by atoms with Crippen molar-refractivity contribution in [2.75, 3.05) is 0 Å². The first-order valence-corrected chi connectivity index (χ1v) is 8.31. The van der Waals surface area contributed by atoms with Crippen LogP contribution in [0.1, 0.15) is 38.1 Å². The van der Waals surface area contributed by atoms with E-state index >= 15 is 0 Å². The van der Waals surface area contributed by atoms with Gasteiger partial charge >= 0.3 is 0 Å². The van der Waals surface area contributed by atoms with E-state index in [1.807, 2.05) is 22.8 Å². The van der Waals surface area contributed by atoms with E-state index in [4.69, 9.17) is 12.2 Å². The number of nitrogens with one attached hydrogen (secondary N) is 2. The lowest BCUT2D eigenvalue weighted by molar-refractivity contribution is 0.352. The molecule has 3 aromatic rings. The van der Waals surface area contributed by atoms with Gasteiger partial charge in [0.05, 0.1) is 10.9 Å². The smallest absolute Gasteiger partial charge is 0.259 e. The lowest BCUT2D eigenvalue weighted by Gasteiger charge is -2.23. The van der Waals surface area contributed by atoms with Crippen LogP contribution in [0, 0.1) is 4.77 Å². The zero-order valence-electron chi connectivity index (χ0n) is 12.6. The Labute approximate surface area is 137 Å². The molecule has 0 saturated heterocycles. The second-order valence-corrected chi connectivity index (χ2v) is 6.33. The predicted octanol–water partition coefficient (Wildman–Crippen LogP) is 3.35. The third kappa shape index (κ3) is 2.50. The minimum atomic E-state index is -0.158. The van der Waals surface area contributed by atoms with E-state index in [0.29, 0.717) is 33.4 Å². The molecule has 2 aromatic heterocycles. The van der Waals surface area contributed by atoms with Gasteiger partial charge in [0, 0.05) is 6.04 Å². The van der Waals surface area contributed by atoms with Crippen LogP contribution in [-0.4, -0.2) is 24.7 Å². The third-order valence-corrected chi connectivity index (χ3v) is 4.76. The van der Waals surface area contributed by atoms with Gasteiger partial charge < -0.3 is 4.98 Å². The van der Waals surface area contributed by atoms with Crippen molar-refractivity contribution < 1.29 is 0 Å². The molecular weight excluding hydrogens is 310 g/mol. The van der Waals surface area contributed by atoms with E-state index < -0.39 is 0 Å². The molecule has 0 spiro atoms. The van der Waals surface area contributed by atoms with Gasteiger partial charge in [-0.25, -0.2) is 4.98 Å². The van der Waals surface area contributed by atoms with Crippen molar-refractivity contribution in [2.45, 2.75) is 38.1 Å². The molecule has 0 amide bonds. The molecule has 0 radical (unpaired) electrons. The summed E-state index contributed by atoms with van der Waals surface area (Å²) in [6.07, 6.45) is 5.82. The molecule has 6 nitrogen and oxygen atoms in total. The summed E-state index contributed by atoms with van der Waals surface area (Å²) in [7, 11) is 0. The van der Waals surface area contributed by atoms with Crippen LogP contribution in [0.4, 0.5) is 0 Å². The van der Waals surface area contributed by atoms with Gasteiger partial charge in [0.25, 0.3) is 5.56 Å². The Kier molecular flexibility index (Phi) is 3.57. The molecule has 2 N–H and O–H groups in total. The summed E-state index contributed by atoms with van der Waals surface area (Å²) in [6.45, 7) is 0. The van der Waals surface area contributed by atoms with Gasteiger partial charge in [0.15, 0.2) is 16.4 Å². The lowest BCUT2D eigenvalue weighted by Crippen LogP contribution is -2.17. The Morgan fingerprint density at radius 2 is 1.96 bits per heavy atom. The van der Waals surface area contributed by atoms with Gasteiger partial charge in [-0.05, 0) is 37.2 Å². The maximum Gasteiger partial charge on any atom is 0.259 e. The zero-order valence-corrected chi connectivity index (χ0v) is 13.4. The fraction of sp³-hybridized carbons (Fsp3) is 0.375. The fourth-order valence-electron chi connectivity index (χ4n) is 3.34. The minimum absolute atomic E-state index is 0.158. The van der Waals surface area contributed by atoms with Crippen molar-refractivity contribution in [3.8, 4) is 11.6 Å². The van der Waals surface area contributed by atoms with Crippen molar-refractivity contribution in [2.24, 2.45) is 0 Å². The van der Waals surface area contributed by atoms with Gasteiger partial charge in [0.2, 0.25) is 0 Å². The van der Waals surface area contributed by atoms with E-state index in [-0.39, 0.29) is 5.56 Å². The highest BCUT2D eigenvalue weighted by Crippen LogP contribution is 2.31. The van der Waals surface area contributed by atoms with E-state index in [1.165, 1.54) is 19.3 Å². The SMILES string of the molecule is O=c1[nH]c(-c2n[nH]c(=S)n2C2CCCCC2)nc2ccccc12. The second kappa shape index (κ2) is 5.73. The number of fused-ring (bicyclic) bond motifs is 1. The Morgan fingerprint density at radius 3 is 2.78 bits per heavy atom. The van der Waals surface area contributed by atoms with Crippen LogP contribution >= 0.6 is 12.2 Å². The molecule has 7 heteroatoms.